The van der Waals surface area contributed by atoms with Gasteiger partial charge in [0.1, 0.15) is 23.3 Å². The van der Waals surface area contributed by atoms with E-state index in [0.717, 1.165) is 16.7 Å². The summed E-state index contributed by atoms with van der Waals surface area (Å²) in [5.41, 5.74) is 2.93. The first-order chi connectivity index (χ1) is 12.4. The zero-order valence-corrected chi connectivity index (χ0v) is 14.7. The SMILES string of the molecule is Cc1ccc(C)c(Oc2coc3cc(OCC(=O)O)ccc3c2=O)c1C. The predicted molar refractivity (Wildman–Crippen MR) is 96.3 cm³/mol. The fourth-order valence-corrected chi connectivity index (χ4v) is 2.59. The molecule has 6 heteroatoms. The molecular formula is C20H18O6. The molecule has 3 rings (SSSR count). The van der Waals surface area contributed by atoms with Gasteiger partial charge in [-0.15, -0.1) is 0 Å². The van der Waals surface area contributed by atoms with Crippen LogP contribution < -0.4 is 14.9 Å². The highest BCUT2D eigenvalue weighted by Gasteiger charge is 2.14. The quantitative estimate of drug-likeness (QED) is 0.746. The number of aryl methyl sites for hydroxylation is 2. The number of carboxylic acid groups (broad SMARTS) is 1. The van der Waals surface area contributed by atoms with Crippen LogP contribution >= 0.6 is 0 Å². The lowest BCUT2D eigenvalue weighted by Gasteiger charge is -2.13. The molecule has 1 N–H and O–H groups in total. The minimum absolute atomic E-state index is 0.0912. The van der Waals surface area contributed by atoms with E-state index < -0.39 is 12.6 Å². The highest BCUT2D eigenvalue weighted by atomic mass is 16.5. The molecule has 0 bridgehead atoms. The molecule has 0 atom stereocenters. The van der Waals surface area contributed by atoms with Crippen LogP contribution in [0.15, 0.2) is 45.8 Å². The maximum Gasteiger partial charge on any atom is 0.341 e. The first-order valence-electron chi connectivity index (χ1n) is 8.01. The zero-order chi connectivity index (χ0) is 18.8. The Morgan fingerprint density at radius 1 is 1.12 bits per heavy atom. The molecule has 0 aliphatic carbocycles. The summed E-state index contributed by atoms with van der Waals surface area (Å²) in [5.74, 6) is -0.0483. The van der Waals surface area contributed by atoms with Crippen molar-refractivity contribution in [2.45, 2.75) is 20.8 Å². The maximum absolute atomic E-state index is 12.7. The van der Waals surface area contributed by atoms with E-state index in [1.807, 2.05) is 32.9 Å². The molecule has 26 heavy (non-hydrogen) atoms. The van der Waals surface area contributed by atoms with Crippen LogP contribution in [0, 0.1) is 20.8 Å². The average molecular weight is 354 g/mol. The normalized spacial score (nSPS) is 10.7. The molecule has 1 heterocycles. The Morgan fingerprint density at radius 2 is 1.85 bits per heavy atom. The molecule has 0 aliphatic rings. The van der Waals surface area contributed by atoms with Crippen LogP contribution in [0.4, 0.5) is 0 Å². The van der Waals surface area contributed by atoms with Gasteiger partial charge in [-0.2, -0.15) is 0 Å². The third-order valence-corrected chi connectivity index (χ3v) is 4.16. The van der Waals surface area contributed by atoms with Crippen molar-refractivity contribution in [3.8, 4) is 17.2 Å². The number of rotatable bonds is 5. The number of fused-ring (bicyclic) bond motifs is 1. The van der Waals surface area contributed by atoms with E-state index in [0.29, 0.717) is 22.5 Å². The Labute approximate surface area is 149 Å². The number of hydrogen-bond donors (Lipinski definition) is 1. The van der Waals surface area contributed by atoms with Crippen molar-refractivity contribution in [3.05, 3.63) is 63.5 Å². The highest BCUT2D eigenvalue weighted by Crippen LogP contribution is 2.30. The third kappa shape index (κ3) is 3.39. The standard InChI is InChI=1S/C20H18O6/c1-11-4-5-12(2)20(13(11)3)26-17-9-25-16-8-14(24-10-18(21)22)6-7-15(16)19(17)23/h4-9H,10H2,1-3H3,(H,21,22). The van der Waals surface area contributed by atoms with Crippen LogP contribution in [0.5, 0.6) is 17.2 Å². The van der Waals surface area contributed by atoms with Crippen molar-refractivity contribution >= 4 is 16.9 Å². The number of ether oxygens (including phenoxy) is 2. The second-order valence-corrected chi connectivity index (χ2v) is 6.03. The summed E-state index contributed by atoms with van der Waals surface area (Å²) in [4.78, 5) is 23.3. The Balaban J connectivity index is 1.98. The monoisotopic (exact) mass is 354 g/mol. The molecule has 3 aromatic rings. The first-order valence-corrected chi connectivity index (χ1v) is 8.01. The molecule has 6 nitrogen and oxygen atoms in total. The van der Waals surface area contributed by atoms with E-state index in [4.69, 9.17) is 19.0 Å². The van der Waals surface area contributed by atoms with Crippen molar-refractivity contribution < 1.29 is 23.8 Å². The lowest BCUT2D eigenvalue weighted by atomic mass is 10.1. The van der Waals surface area contributed by atoms with Crippen LogP contribution in [0.3, 0.4) is 0 Å². The molecule has 0 radical (unpaired) electrons. The number of benzene rings is 2. The second kappa shape index (κ2) is 6.92. The minimum atomic E-state index is -1.08. The van der Waals surface area contributed by atoms with Crippen molar-refractivity contribution in [1.29, 1.82) is 0 Å². The van der Waals surface area contributed by atoms with Crippen molar-refractivity contribution in [3.63, 3.8) is 0 Å². The Morgan fingerprint density at radius 3 is 2.58 bits per heavy atom. The van der Waals surface area contributed by atoms with Crippen LogP contribution in [0.2, 0.25) is 0 Å². The number of carboxylic acids is 1. The topological polar surface area (TPSA) is 86.0 Å². The molecular weight excluding hydrogens is 336 g/mol. The lowest BCUT2D eigenvalue weighted by molar-refractivity contribution is -0.139. The molecule has 134 valence electrons. The van der Waals surface area contributed by atoms with E-state index in [1.165, 1.54) is 24.5 Å². The lowest BCUT2D eigenvalue weighted by Crippen LogP contribution is -2.10. The van der Waals surface area contributed by atoms with Crippen molar-refractivity contribution in [1.82, 2.24) is 0 Å². The van der Waals surface area contributed by atoms with E-state index in [1.54, 1.807) is 0 Å². The number of hydrogen-bond acceptors (Lipinski definition) is 5. The highest BCUT2D eigenvalue weighted by molar-refractivity contribution is 5.79. The van der Waals surface area contributed by atoms with Gasteiger partial charge in [0.15, 0.2) is 6.61 Å². The van der Waals surface area contributed by atoms with Gasteiger partial charge in [-0.3, -0.25) is 4.79 Å². The summed E-state index contributed by atoms with van der Waals surface area (Å²) >= 11 is 0. The fourth-order valence-electron chi connectivity index (χ4n) is 2.59. The van der Waals surface area contributed by atoms with Gasteiger partial charge in [-0.1, -0.05) is 12.1 Å². The Bertz CT molecular complexity index is 1050. The maximum atomic E-state index is 12.7. The molecule has 1 aromatic heterocycles. The van der Waals surface area contributed by atoms with Gasteiger partial charge in [0.2, 0.25) is 11.2 Å². The molecule has 0 unspecified atom stereocenters. The summed E-state index contributed by atoms with van der Waals surface area (Å²) in [7, 11) is 0. The number of carbonyl (C=O) groups is 1. The van der Waals surface area contributed by atoms with E-state index in [2.05, 4.69) is 0 Å². The first kappa shape index (κ1) is 17.5. The summed E-state index contributed by atoms with van der Waals surface area (Å²) in [6.45, 7) is 5.36. The molecule has 0 amide bonds. The van der Waals surface area contributed by atoms with Gasteiger partial charge in [-0.25, -0.2) is 4.79 Å². The molecule has 0 aliphatic heterocycles. The Kier molecular flexibility index (Phi) is 4.67. The second-order valence-electron chi connectivity index (χ2n) is 6.03. The van der Waals surface area contributed by atoms with Crippen molar-refractivity contribution in [2.24, 2.45) is 0 Å². The van der Waals surface area contributed by atoms with Crippen LogP contribution in [-0.4, -0.2) is 17.7 Å². The van der Waals surface area contributed by atoms with Gasteiger partial charge in [0.25, 0.3) is 0 Å². The van der Waals surface area contributed by atoms with Gasteiger partial charge in [0.05, 0.1) is 5.39 Å². The van der Waals surface area contributed by atoms with E-state index >= 15 is 0 Å². The van der Waals surface area contributed by atoms with Gasteiger partial charge < -0.3 is 19.0 Å². The molecule has 0 saturated carbocycles. The van der Waals surface area contributed by atoms with Gasteiger partial charge >= 0.3 is 5.97 Å². The van der Waals surface area contributed by atoms with E-state index in [-0.39, 0.29) is 11.2 Å². The third-order valence-electron chi connectivity index (χ3n) is 4.16. The molecule has 2 aromatic carbocycles. The van der Waals surface area contributed by atoms with Crippen LogP contribution in [-0.2, 0) is 4.79 Å². The summed E-state index contributed by atoms with van der Waals surface area (Å²) in [6, 6.07) is 8.47. The van der Waals surface area contributed by atoms with Crippen LogP contribution in [0.25, 0.3) is 11.0 Å². The summed E-state index contributed by atoms with van der Waals surface area (Å²) in [6.07, 6.45) is 1.26. The van der Waals surface area contributed by atoms with Crippen LogP contribution in [0.1, 0.15) is 16.7 Å². The molecule has 0 spiro atoms. The zero-order valence-electron chi connectivity index (χ0n) is 14.7. The molecule has 0 fully saturated rings. The Hall–Kier alpha value is -3.28. The summed E-state index contributed by atoms with van der Waals surface area (Å²) in [5, 5.41) is 8.98. The fraction of sp³-hybridized carbons (Fsp3) is 0.200. The van der Waals surface area contributed by atoms with Gasteiger partial charge in [-0.05, 0) is 49.6 Å². The van der Waals surface area contributed by atoms with Gasteiger partial charge in [0, 0.05) is 6.07 Å². The van der Waals surface area contributed by atoms with E-state index in [9.17, 15) is 9.59 Å². The smallest absolute Gasteiger partial charge is 0.341 e. The van der Waals surface area contributed by atoms with Crippen molar-refractivity contribution in [2.75, 3.05) is 6.61 Å². The minimum Gasteiger partial charge on any atom is -0.482 e. The largest absolute Gasteiger partial charge is 0.482 e. The summed E-state index contributed by atoms with van der Waals surface area (Å²) < 4.78 is 16.4. The predicted octanol–water partition coefficient (Wildman–Crippen LogP) is 3.97. The average Bonchev–Trinajstić information content (AvgIpc) is 2.62. The number of aliphatic carboxylic acids is 1. The molecule has 0 saturated heterocycles.